The van der Waals surface area contributed by atoms with E-state index in [1.54, 1.807) is 11.3 Å². The molecule has 0 aliphatic carbocycles. The van der Waals surface area contributed by atoms with E-state index >= 15 is 0 Å². The zero-order valence-electron chi connectivity index (χ0n) is 12.5. The zero-order chi connectivity index (χ0) is 15.1. The van der Waals surface area contributed by atoms with Crippen LogP contribution in [0.5, 0.6) is 0 Å². The molecule has 1 aromatic carbocycles. The van der Waals surface area contributed by atoms with E-state index in [-0.39, 0.29) is 12.1 Å². The van der Waals surface area contributed by atoms with Gasteiger partial charge in [0.2, 0.25) is 0 Å². The molecule has 0 saturated heterocycles. The predicted molar refractivity (Wildman–Crippen MR) is 93.9 cm³/mol. The van der Waals surface area contributed by atoms with Crippen LogP contribution >= 0.6 is 27.3 Å². The monoisotopic (exact) mass is 367 g/mol. The first kappa shape index (κ1) is 16.7. The quantitative estimate of drug-likeness (QED) is 0.680. The largest absolute Gasteiger partial charge is 0.372 e. The van der Waals surface area contributed by atoms with Crippen LogP contribution < -0.4 is 5.32 Å². The fourth-order valence-electron chi connectivity index (χ4n) is 2.37. The molecule has 0 fully saturated rings. The normalized spacial score (nSPS) is 14.0. The van der Waals surface area contributed by atoms with Gasteiger partial charge in [-0.3, -0.25) is 0 Å². The van der Waals surface area contributed by atoms with Gasteiger partial charge in [-0.05, 0) is 52.8 Å². The molecule has 0 bridgehead atoms. The van der Waals surface area contributed by atoms with Gasteiger partial charge in [-0.25, -0.2) is 0 Å². The maximum Gasteiger partial charge on any atom is 0.103 e. The second-order valence-corrected chi connectivity index (χ2v) is 6.65. The number of ether oxygens (including phenoxy) is 1. The fraction of sp³-hybridized carbons (Fsp3) is 0.412. The maximum atomic E-state index is 6.09. The van der Waals surface area contributed by atoms with E-state index in [1.165, 1.54) is 10.4 Å². The first-order valence-corrected chi connectivity index (χ1v) is 9.08. The highest BCUT2D eigenvalue weighted by Gasteiger charge is 2.27. The summed E-state index contributed by atoms with van der Waals surface area (Å²) < 4.78 is 7.24. The lowest BCUT2D eigenvalue weighted by Gasteiger charge is -2.28. The topological polar surface area (TPSA) is 21.3 Å². The van der Waals surface area contributed by atoms with Crippen LogP contribution in [0.15, 0.2) is 46.3 Å². The van der Waals surface area contributed by atoms with Crippen molar-refractivity contribution in [2.45, 2.75) is 32.4 Å². The molecule has 0 aliphatic heterocycles. The summed E-state index contributed by atoms with van der Waals surface area (Å²) in [6, 6.07) is 12.7. The zero-order valence-corrected chi connectivity index (χ0v) is 14.9. The van der Waals surface area contributed by atoms with Crippen LogP contribution in [-0.4, -0.2) is 13.2 Å². The van der Waals surface area contributed by atoms with Crippen molar-refractivity contribution in [2.24, 2.45) is 0 Å². The molecule has 0 saturated carbocycles. The summed E-state index contributed by atoms with van der Waals surface area (Å²) in [5.74, 6) is 0. The summed E-state index contributed by atoms with van der Waals surface area (Å²) in [4.78, 5) is 1.30. The first-order chi connectivity index (χ1) is 10.3. The predicted octanol–water partition coefficient (Wildman–Crippen LogP) is 5.33. The summed E-state index contributed by atoms with van der Waals surface area (Å²) in [5, 5.41) is 5.77. The molecule has 0 aliphatic rings. The van der Waals surface area contributed by atoms with E-state index in [1.807, 2.05) is 6.07 Å². The standard InChI is InChI=1S/C17H22BrNOS/c1-3-11-19-15(17-14(18)10-12-21-17)16(20-4-2)13-8-6-5-7-9-13/h5-10,12,15-16,19H,3-4,11H2,1-2H3. The third-order valence-corrected chi connectivity index (χ3v) is 5.27. The van der Waals surface area contributed by atoms with Gasteiger partial charge in [0.15, 0.2) is 0 Å². The molecule has 0 amide bonds. The minimum Gasteiger partial charge on any atom is -0.372 e. The highest BCUT2D eigenvalue weighted by molar-refractivity contribution is 9.10. The Balaban J connectivity index is 2.33. The molecule has 0 radical (unpaired) electrons. The Morgan fingerprint density at radius 1 is 1.19 bits per heavy atom. The molecular weight excluding hydrogens is 346 g/mol. The van der Waals surface area contributed by atoms with Crippen LogP contribution in [0.2, 0.25) is 0 Å². The van der Waals surface area contributed by atoms with Crippen molar-refractivity contribution in [1.82, 2.24) is 5.32 Å². The van der Waals surface area contributed by atoms with Crippen LogP contribution in [0.4, 0.5) is 0 Å². The second kappa shape index (κ2) is 8.69. The highest BCUT2D eigenvalue weighted by Crippen LogP contribution is 2.38. The first-order valence-electron chi connectivity index (χ1n) is 7.40. The van der Waals surface area contributed by atoms with Crippen molar-refractivity contribution in [3.8, 4) is 0 Å². The maximum absolute atomic E-state index is 6.09. The third kappa shape index (κ3) is 4.39. The lowest BCUT2D eigenvalue weighted by Crippen LogP contribution is -2.29. The molecule has 2 nitrogen and oxygen atoms in total. The van der Waals surface area contributed by atoms with Crippen LogP contribution in [0.25, 0.3) is 0 Å². The third-order valence-electron chi connectivity index (χ3n) is 3.32. The Morgan fingerprint density at radius 3 is 2.52 bits per heavy atom. The Morgan fingerprint density at radius 2 is 1.95 bits per heavy atom. The van der Waals surface area contributed by atoms with Crippen molar-refractivity contribution in [3.05, 3.63) is 56.7 Å². The Hall–Kier alpha value is -0.680. The van der Waals surface area contributed by atoms with Crippen molar-refractivity contribution in [2.75, 3.05) is 13.2 Å². The van der Waals surface area contributed by atoms with E-state index < -0.39 is 0 Å². The van der Waals surface area contributed by atoms with E-state index in [2.05, 4.69) is 70.8 Å². The fourth-order valence-corrected chi connectivity index (χ4v) is 4.09. The minimum atomic E-state index is 0.0256. The summed E-state index contributed by atoms with van der Waals surface area (Å²) >= 11 is 5.43. The molecular formula is C17H22BrNOS. The Labute approximate surface area is 139 Å². The van der Waals surface area contributed by atoms with Gasteiger partial charge < -0.3 is 10.1 Å². The lowest BCUT2D eigenvalue weighted by atomic mass is 10.0. The van der Waals surface area contributed by atoms with Crippen LogP contribution in [-0.2, 0) is 4.74 Å². The van der Waals surface area contributed by atoms with E-state index in [9.17, 15) is 0 Å². The smallest absolute Gasteiger partial charge is 0.103 e. The number of thiophene rings is 1. The highest BCUT2D eigenvalue weighted by atomic mass is 79.9. The average molecular weight is 368 g/mol. The number of hydrogen-bond donors (Lipinski definition) is 1. The molecule has 0 spiro atoms. The molecule has 2 atom stereocenters. The molecule has 2 aromatic rings. The van der Waals surface area contributed by atoms with Crippen molar-refractivity contribution >= 4 is 27.3 Å². The number of benzene rings is 1. The van der Waals surface area contributed by atoms with Crippen LogP contribution in [0.1, 0.15) is 42.9 Å². The van der Waals surface area contributed by atoms with Crippen molar-refractivity contribution in [3.63, 3.8) is 0 Å². The number of nitrogens with one attached hydrogen (secondary N) is 1. The molecule has 1 N–H and O–H groups in total. The summed E-state index contributed by atoms with van der Waals surface area (Å²) in [6.07, 6.45) is 1.13. The molecule has 2 unspecified atom stereocenters. The molecule has 21 heavy (non-hydrogen) atoms. The second-order valence-electron chi connectivity index (χ2n) is 4.85. The number of halogens is 1. The molecule has 1 heterocycles. The van der Waals surface area contributed by atoms with Gasteiger partial charge in [-0.2, -0.15) is 0 Å². The SMILES string of the molecule is CCCNC(c1sccc1Br)C(OCC)c1ccccc1. The number of rotatable bonds is 8. The molecule has 1 aromatic heterocycles. The van der Waals surface area contributed by atoms with Crippen LogP contribution in [0.3, 0.4) is 0 Å². The van der Waals surface area contributed by atoms with Crippen LogP contribution in [0, 0.1) is 0 Å². The van der Waals surface area contributed by atoms with Gasteiger partial charge in [0, 0.05) is 16.0 Å². The van der Waals surface area contributed by atoms with Gasteiger partial charge in [0.05, 0.1) is 6.04 Å². The lowest BCUT2D eigenvalue weighted by molar-refractivity contribution is 0.0334. The average Bonchev–Trinajstić information content (AvgIpc) is 2.93. The van der Waals surface area contributed by atoms with Gasteiger partial charge in [-0.1, -0.05) is 37.3 Å². The van der Waals surface area contributed by atoms with E-state index in [4.69, 9.17) is 4.74 Å². The van der Waals surface area contributed by atoms with E-state index in [0.717, 1.165) is 17.4 Å². The van der Waals surface area contributed by atoms with Gasteiger partial charge in [-0.15, -0.1) is 11.3 Å². The molecule has 4 heteroatoms. The molecule has 114 valence electrons. The summed E-state index contributed by atoms with van der Waals surface area (Å²) in [6.45, 7) is 5.92. The summed E-state index contributed by atoms with van der Waals surface area (Å²) in [5.41, 5.74) is 1.22. The van der Waals surface area contributed by atoms with Crippen molar-refractivity contribution < 1.29 is 4.74 Å². The van der Waals surface area contributed by atoms with E-state index in [0.29, 0.717) is 6.61 Å². The summed E-state index contributed by atoms with van der Waals surface area (Å²) in [7, 11) is 0. The van der Waals surface area contributed by atoms with Gasteiger partial charge in [0.1, 0.15) is 6.10 Å². The van der Waals surface area contributed by atoms with Crippen molar-refractivity contribution in [1.29, 1.82) is 0 Å². The van der Waals surface area contributed by atoms with Gasteiger partial charge in [0.25, 0.3) is 0 Å². The Bertz CT molecular complexity index is 529. The molecule has 2 rings (SSSR count). The number of hydrogen-bond acceptors (Lipinski definition) is 3. The Kier molecular flexibility index (Phi) is 6.90. The van der Waals surface area contributed by atoms with Gasteiger partial charge >= 0.3 is 0 Å². The minimum absolute atomic E-state index is 0.0256.